The van der Waals surface area contributed by atoms with Crippen molar-refractivity contribution in [2.45, 2.75) is 31.3 Å². The van der Waals surface area contributed by atoms with Crippen molar-refractivity contribution >= 4 is 5.96 Å². The topological polar surface area (TPSA) is 18.8 Å². The molecule has 1 fully saturated rings. The minimum Gasteiger partial charge on any atom is -0.342 e. The molecule has 0 radical (unpaired) electrons. The maximum Gasteiger partial charge on any atom is 0.201 e. The van der Waals surface area contributed by atoms with Crippen LogP contribution in [0.5, 0.6) is 0 Å². The average molecular weight is 177 g/mol. The summed E-state index contributed by atoms with van der Waals surface area (Å²) >= 11 is 0. The third-order valence-electron chi connectivity index (χ3n) is 3.30. The largest absolute Gasteiger partial charge is 0.342 e. The second-order valence-corrected chi connectivity index (χ2v) is 4.17. The van der Waals surface area contributed by atoms with E-state index in [1.165, 1.54) is 25.2 Å². The van der Waals surface area contributed by atoms with Gasteiger partial charge in [-0.2, -0.15) is 0 Å². The first-order valence-electron chi connectivity index (χ1n) is 5.10. The Hall–Kier alpha value is -0.990. The van der Waals surface area contributed by atoms with E-state index in [1.807, 2.05) is 0 Å². The highest BCUT2D eigenvalue weighted by Gasteiger charge is 2.40. The standard InChI is InChI=1S/C10H15N3/c1-12-6-3-7-13-9-5-2-4-8(9)11-10(12)13/h3,7-9H,2,4-6H2,1H3/t8-,9+/m1/s1. The van der Waals surface area contributed by atoms with Crippen molar-refractivity contribution in [3.63, 3.8) is 0 Å². The Labute approximate surface area is 78.7 Å². The van der Waals surface area contributed by atoms with E-state index in [1.54, 1.807) is 0 Å². The molecule has 70 valence electrons. The molecule has 13 heavy (non-hydrogen) atoms. The first kappa shape index (κ1) is 7.42. The number of fused-ring (bicyclic) bond motifs is 3. The van der Waals surface area contributed by atoms with E-state index < -0.39 is 0 Å². The van der Waals surface area contributed by atoms with Crippen LogP contribution in [0, 0.1) is 0 Å². The van der Waals surface area contributed by atoms with Gasteiger partial charge in [0, 0.05) is 19.8 Å². The van der Waals surface area contributed by atoms with Crippen molar-refractivity contribution < 1.29 is 0 Å². The summed E-state index contributed by atoms with van der Waals surface area (Å²) in [5, 5.41) is 0. The Kier molecular flexibility index (Phi) is 1.43. The van der Waals surface area contributed by atoms with Gasteiger partial charge in [0.25, 0.3) is 0 Å². The molecule has 3 heteroatoms. The molecule has 2 aliphatic heterocycles. The Morgan fingerprint density at radius 3 is 3.31 bits per heavy atom. The highest BCUT2D eigenvalue weighted by Crippen LogP contribution is 2.33. The maximum absolute atomic E-state index is 4.77. The predicted octanol–water partition coefficient (Wildman–Crippen LogP) is 1.04. The first-order valence-corrected chi connectivity index (χ1v) is 5.10. The van der Waals surface area contributed by atoms with Gasteiger partial charge in [-0.1, -0.05) is 0 Å². The molecule has 0 bridgehead atoms. The van der Waals surface area contributed by atoms with Gasteiger partial charge in [0.15, 0.2) is 0 Å². The zero-order chi connectivity index (χ0) is 8.84. The van der Waals surface area contributed by atoms with E-state index in [0.717, 1.165) is 6.54 Å². The molecule has 1 saturated carbocycles. The lowest BCUT2D eigenvalue weighted by Crippen LogP contribution is -2.43. The quantitative estimate of drug-likeness (QED) is 0.550. The van der Waals surface area contributed by atoms with Crippen molar-refractivity contribution in [3.8, 4) is 0 Å². The van der Waals surface area contributed by atoms with E-state index in [9.17, 15) is 0 Å². The minimum atomic E-state index is 0.584. The van der Waals surface area contributed by atoms with Gasteiger partial charge in [-0.05, 0) is 25.3 Å². The van der Waals surface area contributed by atoms with Gasteiger partial charge in [-0.15, -0.1) is 0 Å². The number of rotatable bonds is 0. The third-order valence-corrected chi connectivity index (χ3v) is 3.30. The fourth-order valence-corrected chi connectivity index (χ4v) is 2.63. The van der Waals surface area contributed by atoms with Gasteiger partial charge in [-0.25, -0.2) is 4.99 Å². The zero-order valence-electron chi connectivity index (χ0n) is 7.98. The average Bonchev–Trinajstić information content (AvgIpc) is 2.65. The molecule has 0 unspecified atom stereocenters. The Morgan fingerprint density at radius 1 is 1.46 bits per heavy atom. The minimum absolute atomic E-state index is 0.584. The number of hydrogen-bond donors (Lipinski definition) is 0. The molecule has 3 aliphatic rings. The number of aliphatic imine (C=N–C) groups is 1. The lowest BCUT2D eigenvalue weighted by atomic mass is 10.2. The molecular weight excluding hydrogens is 162 g/mol. The summed E-state index contributed by atoms with van der Waals surface area (Å²) in [5.74, 6) is 1.19. The first-order chi connectivity index (χ1) is 6.36. The third kappa shape index (κ3) is 0.929. The monoisotopic (exact) mass is 177 g/mol. The SMILES string of the molecule is CN1CC=CN2C1=N[C@@H]1CCC[C@@H]12. The molecule has 2 heterocycles. The number of hydrogen-bond acceptors (Lipinski definition) is 3. The molecule has 2 atom stereocenters. The molecule has 0 N–H and O–H groups in total. The molecule has 3 nitrogen and oxygen atoms in total. The highest BCUT2D eigenvalue weighted by atomic mass is 15.4. The summed E-state index contributed by atoms with van der Waals surface area (Å²) < 4.78 is 0. The summed E-state index contributed by atoms with van der Waals surface area (Å²) in [7, 11) is 2.12. The van der Waals surface area contributed by atoms with Gasteiger partial charge < -0.3 is 9.80 Å². The fraction of sp³-hybridized carbons (Fsp3) is 0.700. The van der Waals surface area contributed by atoms with Gasteiger partial charge in [0.2, 0.25) is 5.96 Å². The molecule has 0 amide bonds. The van der Waals surface area contributed by atoms with E-state index >= 15 is 0 Å². The second kappa shape index (κ2) is 2.50. The lowest BCUT2D eigenvalue weighted by molar-refractivity contribution is 0.359. The number of nitrogens with zero attached hydrogens (tertiary/aromatic N) is 3. The van der Waals surface area contributed by atoms with E-state index in [-0.39, 0.29) is 0 Å². The van der Waals surface area contributed by atoms with Crippen LogP contribution in [0.1, 0.15) is 19.3 Å². The number of likely N-dealkylation sites (N-methyl/N-ethyl adjacent to an activating group) is 1. The molecular formula is C10H15N3. The number of guanidine groups is 1. The van der Waals surface area contributed by atoms with Crippen LogP contribution < -0.4 is 0 Å². The van der Waals surface area contributed by atoms with Crippen LogP contribution in [-0.4, -0.2) is 41.4 Å². The van der Waals surface area contributed by atoms with Crippen LogP contribution in [0.4, 0.5) is 0 Å². The Morgan fingerprint density at radius 2 is 2.38 bits per heavy atom. The molecule has 0 aromatic rings. The maximum atomic E-state index is 4.77. The predicted molar refractivity (Wildman–Crippen MR) is 52.5 cm³/mol. The van der Waals surface area contributed by atoms with E-state index in [0.29, 0.717) is 12.1 Å². The second-order valence-electron chi connectivity index (χ2n) is 4.17. The molecule has 3 rings (SSSR count). The molecule has 0 saturated heterocycles. The van der Waals surface area contributed by atoms with Crippen LogP contribution in [0.15, 0.2) is 17.3 Å². The van der Waals surface area contributed by atoms with Gasteiger partial charge in [0.1, 0.15) is 0 Å². The van der Waals surface area contributed by atoms with Gasteiger partial charge in [0.05, 0.1) is 12.1 Å². The summed E-state index contributed by atoms with van der Waals surface area (Å²) in [5.41, 5.74) is 0. The normalized spacial score (nSPS) is 36.2. The highest BCUT2D eigenvalue weighted by molar-refractivity contribution is 5.84. The van der Waals surface area contributed by atoms with Crippen molar-refractivity contribution in [3.05, 3.63) is 12.3 Å². The lowest BCUT2D eigenvalue weighted by Gasteiger charge is -2.31. The molecule has 0 aromatic heterocycles. The Balaban J connectivity index is 1.96. The van der Waals surface area contributed by atoms with Crippen molar-refractivity contribution in [1.82, 2.24) is 9.80 Å². The fourth-order valence-electron chi connectivity index (χ4n) is 2.63. The van der Waals surface area contributed by atoms with Gasteiger partial charge >= 0.3 is 0 Å². The van der Waals surface area contributed by atoms with Crippen molar-refractivity contribution in [2.75, 3.05) is 13.6 Å². The molecule has 0 aromatic carbocycles. The molecule has 0 spiro atoms. The zero-order valence-corrected chi connectivity index (χ0v) is 7.98. The van der Waals surface area contributed by atoms with Crippen LogP contribution in [0.25, 0.3) is 0 Å². The van der Waals surface area contributed by atoms with Crippen molar-refractivity contribution in [2.24, 2.45) is 4.99 Å². The summed E-state index contributed by atoms with van der Waals surface area (Å²) in [4.78, 5) is 9.37. The summed E-state index contributed by atoms with van der Waals surface area (Å²) in [6.07, 6.45) is 8.39. The Bertz CT molecular complexity index is 282. The summed E-state index contributed by atoms with van der Waals surface area (Å²) in [6.45, 7) is 1.01. The van der Waals surface area contributed by atoms with E-state index in [2.05, 4.69) is 29.1 Å². The van der Waals surface area contributed by atoms with Crippen LogP contribution >= 0.6 is 0 Å². The van der Waals surface area contributed by atoms with Crippen LogP contribution in [0.3, 0.4) is 0 Å². The van der Waals surface area contributed by atoms with Crippen LogP contribution in [0.2, 0.25) is 0 Å². The summed E-state index contributed by atoms with van der Waals surface area (Å²) in [6, 6.07) is 1.26. The van der Waals surface area contributed by atoms with Crippen LogP contribution in [-0.2, 0) is 0 Å². The smallest absolute Gasteiger partial charge is 0.201 e. The van der Waals surface area contributed by atoms with Gasteiger partial charge in [-0.3, -0.25) is 0 Å². The molecule has 1 aliphatic carbocycles. The van der Waals surface area contributed by atoms with Crippen molar-refractivity contribution in [1.29, 1.82) is 0 Å². The van der Waals surface area contributed by atoms with E-state index in [4.69, 9.17) is 4.99 Å².